The molecule has 3 rings (SSSR count). The summed E-state index contributed by atoms with van der Waals surface area (Å²) in [5.74, 6) is -1.24. The topological polar surface area (TPSA) is 95.9 Å². The number of aromatic carboxylic acids is 1. The van der Waals surface area contributed by atoms with E-state index in [4.69, 9.17) is 33.0 Å². The van der Waals surface area contributed by atoms with Gasteiger partial charge >= 0.3 is 12.0 Å². The van der Waals surface area contributed by atoms with Crippen LogP contribution in [-0.4, -0.2) is 34.5 Å². The Kier molecular flexibility index (Phi) is 6.44. The van der Waals surface area contributed by atoms with Crippen LogP contribution < -0.4 is 10.1 Å². The zero-order valence-electron chi connectivity index (χ0n) is 15.5. The molecule has 30 heavy (non-hydrogen) atoms. The Morgan fingerprint density at radius 3 is 2.37 bits per heavy atom. The molecule has 0 unspecified atom stereocenters. The van der Waals surface area contributed by atoms with Crippen LogP contribution in [0.2, 0.25) is 10.0 Å². The number of imide groups is 1. The summed E-state index contributed by atoms with van der Waals surface area (Å²) >= 11 is 12.6. The lowest BCUT2D eigenvalue weighted by Gasteiger charge is -2.11. The molecule has 0 aliphatic carbocycles. The normalized spacial score (nSPS) is 14.7. The van der Waals surface area contributed by atoms with Crippen LogP contribution in [0, 0.1) is 0 Å². The highest BCUT2D eigenvalue weighted by atomic mass is 35.5. The van der Waals surface area contributed by atoms with Gasteiger partial charge in [0, 0.05) is 6.54 Å². The van der Waals surface area contributed by atoms with E-state index in [0.29, 0.717) is 5.56 Å². The van der Waals surface area contributed by atoms with Gasteiger partial charge in [0.05, 0.1) is 15.6 Å². The lowest BCUT2D eigenvalue weighted by atomic mass is 10.1. The fourth-order valence-electron chi connectivity index (χ4n) is 2.73. The summed E-state index contributed by atoms with van der Waals surface area (Å²) in [6.45, 7) is 3.75. The van der Waals surface area contributed by atoms with Gasteiger partial charge in [0.1, 0.15) is 12.3 Å². The Balaban J connectivity index is 1.75. The van der Waals surface area contributed by atoms with Crippen molar-refractivity contribution in [2.75, 3.05) is 6.54 Å². The average Bonchev–Trinajstić information content (AvgIpc) is 2.95. The van der Waals surface area contributed by atoms with Crippen LogP contribution >= 0.6 is 23.2 Å². The second-order valence-electron chi connectivity index (χ2n) is 6.30. The van der Waals surface area contributed by atoms with Gasteiger partial charge in [-0.3, -0.25) is 9.69 Å². The zero-order valence-corrected chi connectivity index (χ0v) is 17.0. The summed E-state index contributed by atoms with van der Waals surface area (Å²) < 4.78 is 5.68. The van der Waals surface area contributed by atoms with Crippen LogP contribution in [-0.2, 0) is 11.4 Å². The number of hydrogen-bond acceptors (Lipinski definition) is 4. The number of carboxylic acids is 1. The second kappa shape index (κ2) is 9.02. The van der Waals surface area contributed by atoms with Crippen molar-refractivity contribution in [3.8, 4) is 5.75 Å². The van der Waals surface area contributed by atoms with Crippen LogP contribution in [0.1, 0.15) is 21.5 Å². The highest BCUT2D eigenvalue weighted by molar-refractivity contribution is 6.37. The van der Waals surface area contributed by atoms with Crippen LogP contribution in [0.15, 0.2) is 54.8 Å². The fourth-order valence-corrected chi connectivity index (χ4v) is 3.35. The molecule has 0 bridgehead atoms. The monoisotopic (exact) mass is 446 g/mol. The Hall–Kier alpha value is -3.29. The summed E-state index contributed by atoms with van der Waals surface area (Å²) in [5, 5.41) is 11.9. The molecule has 1 heterocycles. The van der Waals surface area contributed by atoms with Gasteiger partial charge < -0.3 is 15.2 Å². The van der Waals surface area contributed by atoms with E-state index in [1.807, 2.05) is 0 Å². The molecule has 2 aromatic carbocycles. The lowest BCUT2D eigenvalue weighted by molar-refractivity contribution is -0.122. The zero-order chi connectivity index (χ0) is 21.8. The smallest absolute Gasteiger partial charge is 0.335 e. The van der Waals surface area contributed by atoms with E-state index in [-0.39, 0.29) is 40.2 Å². The second-order valence-corrected chi connectivity index (χ2v) is 7.11. The fraction of sp³-hybridized carbons (Fsp3) is 0.0952. The molecular formula is C21H16Cl2N2O5. The van der Waals surface area contributed by atoms with Crippen LogP contribution in [0.3, 0.4) is 0 Å². The Morgan fingerprint density at radius 2 is 1.80 bits per heavy atom. The molecule has 154 valence electrons. The van der Waals surface area contributed by atoms with Crippen molar-refractivity contribution in [2.45, 2.75) is 6.61 Å². The first-order valence-corrected chi connectivity index (χ1v) is 9.45. The van der Waals surface area contributed by atoms with Crippen LogP contribution in [0.25, 0.3) is 6.08 Å². The number of nitrogens with one attached hydrogen (secondary N) is 1. The number of halogens is 2. The van der Waals surface area contributed by atoms with Gasteiger partial charge in [-0.2, -0.15) is 0 Å². The van der Waals surface area contributed by atoms with Crippen molar-refractivity contribution < 1.29 is 24.2 Å². The predicted molar refractivity (Wildman–Crippen MR) is 113 cm³/mol. The maximum atomic E-state index is 12.3. The molecule has 2 aromatic rings. The molecule has 9 heteroatoms. The minimum Gasteiger partial charge on any atom is -0.486 e. The van der Waals surface area contributed by atoms with E-state index in [1.54, 1.807) is 24.3 Å². The molecule has 1 saturated heterocycles. The Labute approximate surface area is 182 Å². The van der Waals surface area contributed by atoms with E-state index >= 15 is 0 Å². The quantitative estimate of drug-likeness (QED) is 0.374. The van der Waals surface area contributed by atoms with Crippen molar-refractivity contribution in [1.29, 1.82) is 0 Å². The predicted octanol–water partition coefficient (Wildman–Crippen LogP) is 4.35. The van der Waals surface area contributed by atoms with Gasteiger partial charge in [-0.25, -0.2) is 9.59 Å². The number of hydrogen-bond donors (Lipinski definition) is 2. The number of rotatable bonds is 7. The van der Waals surface area contributed by atoms with E-state index in [9.17, 15) is 14.4 Å². The average molecular weight is 447 g/mol. The molecule has 1 aliphatic rings. The number of amides is 3. The standard InChI is InChI=1S/C21H16Cl2N2O5/c1-2-7-25-19(26)17(24-21(25)29)10-13-8-15(22)18(16(23)9-13)30-11-12-3-5-14(6-4-12)20(27)28/h2-6,8-10H,1,7,11H2,(H,24,29)(H,27,28)/b17-10+. The van der Waals surface area contributed by atoms with Crippen molar-refractivity contribution in [2.24, 2.45) is 0 Å². The first-order valence-electron chi connectivity index (χ1n) is 8.69. The maximum Gasteiger partial charge on any atom is 0.335 e. The molecule has 0 saturated carbocycles. The molecular weight excluding hydrogens is 431 g/mol. The van der Waals surface area contributed by atoms with Gasteiger partial charge in [-0.1, -0.05) is 41.4 Å². The largest absolute Gasteiger partial charge is 0.486 e. The molecule has 0 radical (unpaired) electrons. The molecule has 0 spiro atoms. The minimum atomic E-state index is -1.01. The van der Waals surface area contributed by atoms with Gasteiger partial charge in [-0.05, 0) is 41.5 Å². The number of nitrogens with zero attached hydrogens (tertiary/aromatic N) is 1. The summed E-state index contributed by atoms with van der Waals surface area (Å²) in [4.78, 5) is 36.0. The van der Waals surface area contributed by atoms with E-state index in [0.717, 1.165) is 10.5 Å². The molecule has 7 nitrogen and oxygen atoms in total. The molecule has 0 aromatic heterocycles. The summed E-state index contributed by atoms with van der Waals surface area (Å²) in [7, 11) is 0. The molecule has 2 N–H and O–H groups in total. The number of benzene rings is 2. The number of urea groups is 1. The third-order valence-corrected chi connectivity index (χ3v) is 4.75. The van der Waals surface area contributed by atoms with Gasteiger partial charge in [0.25, 0.3) is 5.91 Å². The number of carboxylic acid groups (broad SMARTS) is 1. The first kappa shape index (κ1) is 21.4. The van der Waals surface area contributed by atoms with Gasteiger partial charge in [0.15, 0.2) is 5.75 Å². The van der Waals surface area contributed by atoms with E-state index < -0.39 is 17.9 Å². The van der Waals surface area contributed by atoms with Crippen molar-refractivity contribution >= 4 is 47.2 Å². The minimum absolute atomic E-state index is 0.0983. The van der Waals surface area contributed by atoms with Crippen molar-refractivity contribution in [1.82, 2.24) is 10.2 Å². The highest BCUT2D eigenvalue weighted by Crippen LogP contribution is 2.35. The van der Waals surface area contributed by atoms with Crippen molar-refractivity contribution in [3.63, 3.8) is 0 Å². The number of ether oxygens (including phenoxy) is 1. The lowest BCUT2D eigenvalue weighted by Crippen LogP contribution is -2.30. The Morgan fingerprint density at radius 1 is 1.17 bits per heavy atom. The molecule has 1 aliphatic heterocycles. The van der Waals surface area contributed by atoms with Crippen LogP contribution in [0.4, 0.5) is 4.79 Å². The van der Waals surface area contributed by atoms with Crippen LogP contribution in [0.5, 0.6) is 5.75 Å². The van der Waals surface area contributed by atoms with E-state index in [1.165, 1.54) is 24.3 Å². The maximum absolute atomic E-state index is 12.3. The molecule has 0 atom stereocenters. The summed E-state index contributed by atoms with van der Waals surface area (Å²) in [6.07, 6.45) is 2.92. The third kappa shape index (κ3) is 4.64. The van der Waals surface area contributed by atoms with Gasteiger partial charge in [-0.15, -0.1) is 6.58 Å². The van der Waals surface area contributed by atoms with E-state index in [2.05, 4.69) is 11.9 Å². The SMILES string of the molecule is C=CCN1C(=O)N/C(=C/c2cc(Cl)c(OCc3ccc(C(=O)O)cc3)c(Cl)c2)C1=O. The molecule has 3 amide bonds. The highest BCUT2D eigenvalue weighted by Gasteiger charge is 2.32. The van der Waals surface area contributed by atoms with Gasteiger partial charge in [0.2, 0.25) is 0 Å². The summed E-state index contributed by atoms with van der Waals surface area (Å²) in [6, 6.07) is 8.79. The number of carbonyl (C=O) groups excluding carboxylic acids is 2. The number of carbonyl (C=O) groups is 3. The van der Waals surface area contributed by atoms with Crippen molar-refractivity contribution in [3.05, 3.63) is 81.5 Å². The Bertz CT molecular complexity index is 1040. The summed E-state index contributed by atoms with van der Waals surface area (Å²) in [5.41, 5.74) is 1.51. The first-order chi connectivity index (χ1) is 14.3. The molecule has 1 fully saturated rings. The third-order valence-electron chi connectivity index (χ3n) is 4.19.